The molecule has 3 heteroatoms. The Hall–Kier alpha value is -0.990. The van der Waals surface area contributed by atoms with Crippen LogP contribution >= 0.6 is 0 Å². The third-order valence-corrected chi connectivity index (χ3v) is 2.23. The van der Waals surface area contributed by atoms with Crippen LogP contribution in [-0.2, 0) is 12.8 Å². The van der Waals surface area contributed by atoms with Gasteiger partial charge in [0.2, 0.25) is 6.43 Å². The fraction of sp³-hybridized carbons (Fsp3) is 0.455. The third kappa shape index (κ3) is 2.76. The highest BCUT2D eigenvalue weighted by molar-refractivity contribution is 5.35. The fourth-order valence-electron chi connectivity index (χ4n) is 1.55. The van der Waals surface area contributed by atoms with Crippen molar-refractivity contribution in [3.05, 3.63) is 34.9 Å². The van der Waals surface area contributed by atoms with Gasteiger partial charge in [0.15, 0.2) is 0 Å². The maximum absolute atomic E-state index is 12.2. The van der Waals surface area contributed by atoms with Crippen LogP contribution in [0.1, 0.15) is 16.7 Å². The normalized spacial score (nSPS) is 10.9. The molecule has 0 spiro atoms. The molecule has 0 fully saturated rings. The molecular weight excluding hydrogens is 189 g/mol. The van der Waals surface area contributed by atoms with Gasteiger partial charge in [0.25, 0.3) is 0 Å². The van der Waals surface area contributed by atoms with Crippen LogP contribution in [0, 0.1) is 6.92 Å². The Bertz CT molecular complexity index is 295. The Balaban J connectivity index is 2.96. The smallest absolute Gasteiger partial charge is 0.242 e. The topological polar surface area (TPSA) is 0 Å². The Kier molecular flexibility index (Phi) is 3.98. The van der Waals surface area contributed by atoms with E-state index in [-0.39, 0.29) is 12.8 Å². The summed E-state index contributed by atoms with van der Waals surface area (Å²) in [5.41, 5.74) is 2.12. The summed E-state index contributed by atoms with van der Waals surface area (Å²) in [7, 11) is 0. The predicted molar refractivity (Wildman–Crippen MR) is 50.6 cm³/mol. The molecule has 0 nitrogen and oxygen atoms in total. The van der Waals surface area contributed by atoms with Crippen LogP contribution in [0.25, 0.3) is 0 Å². The van der Waals surface area contributed by atoms with Gasteiger partial charge in [0.1, 0.15) is 0 Å². The molecule has 0 N–H and O–H groups in total. The summed E-state index contributed by atoms with van der Waals surface area (Å²) in [6, 6.07) is 5.26. The molecule has 0 bridgehead atoms. The molecule has 0 saturated carbocycles. The van der Waals surface area contributed by atoms with E-state index in [0.717, 1.165) is 5.56 Å². The monoisotopic (exact) mass is 202 g/mol. The Morgan fingerprint density at radius 1 is 1.29 bits per heavy atom. The number of halogens is 3. The van der Waals surface area contributed by atoms with Gasteiger partial charge >= 0.3 is 0 Å². The van der Waals surface area contributed by atoms with E-state index in [1.165, 1.54) is 0 Å². The summed E-state index contributed by atoms with van der Waals surface area (Å²) in [6.45, 7) is 1.28. The summed E-state index contributed by atoms with van der Waals surface area (Å²) in [6.07, 6.45) is -2.42. The molecule has 0 aliphatic carbocycles. The van der Waals surface area contributed by atoms with E-state index in [2.05, 4.69) is 0 Å². The zero-order valence-corrected chi connectivity index (χ0v) is 8.06. The zero-order valence-electron chi connectivity index (χ0n) is 8.06. The van der Waals surface area contributed by atoms with Crippen molar-refractivity contribution >= 4 is 0 Å². The molecule has 14 heavy (non-hydrogen) atoms. The minimum Gasteiger partial charge on any atom is -0.251 e. The molecule has 0 unspecified atom stereocenters. The van der Waals surface area contributed by atoms with Crippen molar-refractivity contribution in [3.63, 3.8) is 0 Å². The standard InChI is InChI=1S/C11H13F3/c1-8-3-2-4-9(5-6-12)10(8)7-11(13)14/h2-4,11H,5-7H2,1H3. The summed E-state index contributed by atoms with van der Waals surface area (Å²) < 4.78 is 36.6. The number of hydrogen-bond donors (Lipinski definition) is 0. The van der Waals surface area contributed by atoms with Crippen LogP contribution < -0.4 is 0 Å². The van der Waals surface area contributed by atoms with E-state index in [4.69, 9.17) is 0 Å². The van der Waals surface area contributed by atoms with Gasteiger partial charge in [0, 0.05) is 12.8 Å². The zero-order chi connectivity index (χ0) is 10.6. The van der Waals surface area contributed by atoms with Crippen molar-refractivity contribution in [2.75, 3.05) is 6.67 Å². The molecule has 1 aromatic carbocycles. The molecule has 0 aliphatic heterocycles. The summed E-state index contributed by atoms with van der Waals surface area (Å²) in [5.74, 6) is 0. The Morgan fingerprint density at radius 2 is 2.00 bits per heavy atom. The Labute approximate surface area is 81.8 Å². The minimum absolute atomic E-state index is 0.226. The van der Waals surface area contributed by atoms with Crippen LogP contribution in [0.3, 0.4) is 0 Å². The first kappa shape index (κ1) is 11.1. The van der Waals surface area contributed by atoms with E-state index in [1.807, 2.05) is 0 Å². The number of benzene rings is 1. The van der Waals surface area contributed by atoms with E-state index in [0.29, 0.717) is 11.1 Å². The van der Waals surface area contributed by atoms with Gasteiger partial charge in [-0.25, -0.2) is 8.78 Å². The summed E-state index contributed by atoms with van der Waals surface area (Å²) >= 11 is 0. The molecule has 0 amide bonds. The highest BCUT2D eigenvalue weighted by atomic mass is 19.3. The SMILES string of the molecule is Cc1cccc(CCF)c1CC(F)F. The second kappa shape index (κ2) is 5.03. The molecule has 0 radical (unpaired) electrons. The fourth-order valence-corrected chi connectivity index (χ4v) is 1.55. The number of hydrogen-bond acceptors (Lipinski definition) is 0. The van der Waals surface area contributed by atoms with Crippen molar-refractivity contribution in [3.8, 4) is 0 Å². The molecule has 0 heterocycles. The number of alkyl halides is 3. The lowest BCUT2D eigenvalue weighted by Crippen LogP contribution is -2.04. The van der Waals surface area contributed by atoms with E-state index < -0.39 is 13.1 Å². The van der Waals surface area contributed by atoms with Gasteiger partial charge in [-0.15, -0.1) is 0 Å². The van der Waals surface area contributed by atoms with Gasteiger partial charge in [-0.1, -0.05) is 18.2 Å². The first-order valence-corrected chi connectivity index (χ1v) is 4.56. The van der Waals surface area contributed by atoms with E-state index in [9.17, 15) is 13.2 Å². The lowest BCUT2D eigenvalue weighted by Gasteiger charge is -2.10. The number of aryl methyl sites for hydroxylation is 2. The molecule has 0 atom stereocenters. The first-order valence-electron chi connectivity index (χ1n) is 4.56. The molecule has 0 aromatic heterocycles. The predicted octanol–water partition coefficient (Wildman–Crippen LogP) is 3.31. The maximum atomic E-state index is 12.2. The quantitative estimate of drug-likeness (QED) is 0.702. The van der Waals surface area contributed by atoms with E-state index >= 15 is 0 Å². The lowest BCUT2D eigenvalue weighted by molar-refractivity contribution is 0.148. The molecule has 78 valence electrons. The first-order chi connectivity index (χ1) is 6.65. The summed E-state index contributed by atoms with van der Waals surface area (Å²) in [4.78, 5) is 0. The average Bonchev–Trinajstić information content (AvgIpc) is 2.11. The van der Waals surface area contributed by atoms with Crippen LogP contribution in [0.5, 0.6) is 0 Å². The third-order valence-electron chi connectivity index (χ3n) is 2.23. The van der Waals surface area contributed by atoms with Gasteiger partial charge < -0.3 is 0 Å². The second-order valence-electron chi connectivity index (χ2n) is 3.25. The van der Waals surface area contributed by atoms with Crippen molar-refractivity contribution in [1.82, 2.24) is 0 Å². The van der Waals surface area contributed by atoms with Crippen LogP contribution in [-0.4, -0.2) is 13.1 Å². The average molecular weight is 202 g/mol. The van der Waals surface area contributed by atoms with Crippen molar-refractivity contribution in [2.24, 2.45) is 0 Å². The van der Waals surface area contributed by atoms with Crippen LogP contribution in [0.15, 0.2) is 18.2 Å². The molecular formula is C11H13F3. The van der Waals surface area contributed by atoms with Crippen LogP contribution in [0.2, 0.25) is 0 Å². The van der Waals surface area contributed by atoms with Crippen molar-refractivity contribution < 1.29 is 13.2 Å². The largest absolute Gasteiger partial charge is 0.251 e. The summed E-state index contributed by atoms with van der Waals surface area (Å²) in [5, 5.41) is 0. The second-order valence-corrected chi connectivity index (χ2v) is 3.25. The highest BCUT2D eigenvalue weighted by Gasteiger charge is 2.11. The Morgan fingerprint density at radius 3 is 2.57 bits per heavy atom. The van der Waals surface area contributed by atoms with Crippen LogP contribution in [0.4, 0.5) is 13.2 Å². The lowest BCUT2D eigenvalue weighted by atomic mass is 9.97. The van der Waals surface area contributed by atoms with Crippen molar-refractivity contribution in [2.45, 2.75) is 26.2 Å². The molecule has 1 rings (SSSR count). The highest BCUT2D eigenvalue weighted by Crippen LogP contribution is 2.18. The maximum Gasteiger partial charge on any atom is 0.242 e. The minimum atomic E-state index is -2.37. The van der Waals surface area contributed by atoms with Gasteiger partial charge in [0.05, 0.1) is 6.67 Å². The van der Waals surface area contributed by atoms with Crippen molar-refractivity contribution in [1.29, 1.82) is 0 Å². The molecule has 0 saturated heterocycles. The van der Waals surface area contributed by atoms with E-state index in [1.54, 1.807) is 25.1 Å². The number of rotatable bonds is 4. The van der Waals surface area contributed by atoms with Gasteiger partial charge in [-0.3, -0.25) is 4.39 Å². The molecule has 0 aliphatic rings. The molecule has 1 aromatic rings. The van der Waals surface area contributed by atoms with Gasteiger partial charge in [-0.05, 0) is 23.6 Å². The van der Waals surface area contributed by atoms with Gasteiger partial charge in [-0.2, -0.15) is 0 Å².